The molecule has 1 heterocycles. The number of hydrogen-bond donors (Lipinski definition) is 0. The zero-order valence-electron chi connectivity index (χ0n) is 18.0. The van der Waals surface area contributed by atoms with E-state index in [1.54, 1.807) is 12.1 Å². The molecule has 0 spiro atoms. The van der Waals surface area contributed by atoms with Crippen LogP contribution in [0.1, 0.15) is 47.3 Å². The Bertz CT molecular complexity index is 877. The number of aryl methyl sites for hydroxylation is 2. The Labute approximate surface area is 180 Å². The summed E-state index contributed by atoms with van der Waals surface area (Å²) in [5, 5.41) is 0. The second-order valence-corrected chi connectivity index (χ2v) is 8.38. The first-order valence-corrected chi connectivity index (χ1v) is 11.0. The zero-order chi connectivity index (χ0) is 20.9. The monoisotopic (exact) mass is 402 g/mol. The topological polar surface area (TPSA) is 6.48 Å². The normalized spacial score (nSPS) is 17.9. The fourth-order valence-corrected chi connectivity index (χ4v) is 4.38. The second-order valence-electron chi connectivity index (χ2n) is 8.38. The lowest BCUT2D eigenvalue weighted by atomic mass is 10.0. The van der Waals surface area contributed by atoms with Gasteiger partial charge in [-0.3, -0.25) is 9.80 Å². The molecule has 0 aliphatic carbocycles. The van der Waals surface area contributed by atoms with Crippen LogP contribution in [0.15, 0.2) is 72.8 Å². The quantitative estimate of drug-likeness (QED) is 0.491. The van der Waals surface area contributed by atoms with Crippen LogP contribution in [-0.2, 0) is 19.5 Å². The third-order valence-electron chi connectivity index (χ3n) is 6.07. The molecule has 4 rings (SSSR count). The van der Waals surface area contributed by atoms with E-state index in [9.17, 15) is 4.39 Å². The van der Waals surface area contributed by atoms with Gasteiger partial charge >= 0.3 is 0 Å². The van der Waals surface area contributed by atoms with E-state index in [0.717, 1.165) is 44.6 Å². The molecule has 1 aliphatic heterocycles. The van der Waals surface area contributed by atoms with Crippen LogP contribution < -0.4 is 0 Å². The van der Waals surface area contributed by atoms with E-state index in [-0.39, 0.29) is 12.0 Å². The highest BCUT2D eigenvalue weighted by Crippen LogP contribution is 2.32. The number of nitrogens with zero attached hydrogens (tertiary/aromatic N) is 2. The van der Waals surface area contributed by atoms with Gasteiger partial charge in [-0.1, -0.05) is 73.2 Å². The van der Waals surface area contributed by atoms with Crippen LogP contribution in [0.4, 0.5) is 4.39 Å². The molecule has 0 bridgehead atoms. The van der Waals surface area contributed by atoms with Crippen LogP contribution in [-0.4, -0.2) is 22.9 Å². The Morgan fingerprint density at radius 3 is 1.77 bits per heavy atom. The van der Waals surface area contributed by atoms with Crippen molar-refractivity contribution in [3.05, 3.63) is 106 Å². The van der Waals surface area contributed by atoms with Crippen molar-refractivity contribution in [2.24, 2.45) is 0 Å². The van der Waals surface area contributed by atoms with E-state index in [2.05, 4.69) is 72.2 Å². The van der Waals surface area contributed by atoms with Crippen molar-refractivity contribution in [3.8, 4) is 0 Å². The summed E-state index contributed by atoms with van der Waals surface area (Å²) >= 11 is 0. The molecule has 2 nitrogen and oxygen atoms in total. The first kappa shape index (κ1) is 20.8. The molecule has 0 radical (unpaired) electrons. The molecule has 1 saturated heterocycles. The summed E-state index contributed by atoms with van der Waals surface area (Å²) in [7, 11) is 0. The van der Waals surface area contributed by atoms with Gasteiger partial charge in [0.25, 0.3) is 0 Å². The average molecular weight is 403 g/mol. The van der Waals surface area contributed by atoms with Gasteiger partial charge in [-0.25, -0.2) is 4.39 Å². The lowest BCUT2D eigenvalue weighted by molar-refractivity contribution is -0.00910. The van der Waals surface area contributed by atoms with E-state index in [4.69, 9.17) is 0 Å². The molecular weight excluding hydrogens is 371 g/mol. The van der Waals surface area contributed by atoms with Crippen LogP contribution in [0.3, 0.4) is 0 Å². The summed E-state index contributed by atoms with van der Waals surface area (Å²) in [4.78, 5) is 5.12. The minimum Gasteiger partial charge on any atom is -0.280 e. The van der Waals surface area contributed by atoms with Gasteiger partial charge in [-0.2, -0.15) is 0 Å². The van der Waals surface area contributed by atoms with E-state index < -0.39 is 0 Å². The molecule has 1 aliphatic rings. The Balaban J connectivity index is 1.62. The Hall–Kier alpha value is -2.49. The number of rotatable bonds is 6. The fraction of sp³-hybridized carbons (Fsp3) is 0.333. The molecule has 0 saturated carbocycles. The van der Waals surface area contributed by atoms with E-state index in [1.165, 1.54) is 22.3 Å². The molecule has 1 atom stereocenters. The Morgan fingerprint density at radius 2 is 1.23 bits per heavy atom. The first-order chi connectivity index (χ1) is 14.6. The van der Waals surface area contributed by atoms with Crippen molar-refractivity contribution >= 4 is 0 Å². The average Bonchev–Trinajstić information content (AvgIpc) is 2.77. The molecule has 3 aromatic rings. The predicted molar refractivity (Wildman–Crippen MR) is 122 cm³/mol. The van der Waals surface area contributed by atoms with Gasteiger partial charge in [0.15, 0.2) is 0 Å². The van der Waals surface area contributed by atoms with Crippen molar-refractivity contribution in [3.63, 3.8) is 0 Å². The lowest BCUT2D eigenvalue weighted by Crippen LogP contribution is -2.46. The van der Waals surface area contributed by atoms with Crippen molar-refractivity contribution in [1.82, 2.24) is 9.80 Å². The summed E-state index contributed by atoms with van der Waals surface area (Å²) in [6.07, 6.45) is 2.41. The molecule has 156 valence electrons. The highest BCUT2D eigenvalue weighted by molar-refractivity contribution is 5.27. The molecule has 0 amide bonds. The van der Waals surface area contributed by atoms with Crippen molar-refractivity contribution < 1.29 is 4.39 Å². The number of benzene rings is 3. The fourth-order valence-electron chi connectivity index (χ4n) is 4.38. The smallest absolute Gasteiger partial charge is 0.123 e. The maximum Gasteiger partial charge on any atom is 0.123 e. The second kappa shape index (κ2) is 9.55. The van der Waals surface area contributed by atoms with Crippen LogP contribution in [0.25, 0.3) is 0 Å². The highest BCUT2D eigenvalue weighted by atomic mass is 19.1. The Kier molecular flexibility index (Phi) is 6.61. The molecule has 30 heavy (non-hydrogen) atoms. The molecule has 1 fully saturated rings. The van der Waals surface area contributed by atoms with E-state index >= 15 is 0 Å². The summed E-state index contributed by atoms with van der Waals surface area (Å²) in [5.74, 6) is -0.176. The standard InChI is InChI=1S/C27H31FN2/c1-3-22-9-13-25(14-10-22)27-29(19-23-7-5-21(2)6-8-23)17-4-18-30(27)20-24-11-15-26(28)16-12-24/h5-16,27H,3-4,17-20H2,1-2H3/t27-/m1/s1. The van der Waals surface area contributed by atoms with Gasteiger partial charge < -0.3 is 0 Å². The maximum atomic E-state index is 13.4. The van der Waals surface area contributed by atoms with Crippen LogP contribution in [0.5, 0.6) is 0 Å². The highest BCUT2D eigenvalue weighted by Gasteiger charge is 2.30. The van der Waals surface area contributed by atoms with Gasteiger partial charge in [0.05, 0.1) is 6.17 Å². The lowest BCUT2D eigenvalue weighted by Gasteiger charge is -2.44. The largest absolute Gasteiger partial charge is 0.280 e. The third-order valence-corrected chi connectivity index (χ3v) is 6.07. The molecule has 0 N–H and O–H groups in total. The first-order valence-electron chi connectivity index (χ1n) is 11.0. The van der Waals surface area contributed by atoms with Gasteiger partial charge in [-0.05, 0) is 54.2 Å². The molecule has 0 aromatic heterocycles. The van der Waals surface area contributed by atoms with Crippen molar-refractivity contribution in [2.45, 2.75) is 45.9 Å². The SMILES string of the molecule is CCc1ccc([C@@H]2N(Cc3ccc(C)cc3)CCCN2Cc2ccc(F)cc2)cc1. The maximum absolute atomic E-state index is 13.4. The minimum absolute atomic E-state index is 0.176. The number of halogens is 1. The predicted octanol–water partition coefficient (Wildman–Crippen LogP) is 6.10. The summed E-state index contributed by atoms with van der Waals surface area (Å²) in [6, 6.07) is 24.9. The van der Waals surface area contributed by atoms with Crippen LogP contribution in [0, 0.1) is 12.7 Å². The molecular formula is C27H31FN2. The van der Waals surface area contributed by atoms with Crippen LogP contribution >= 0.6 is 0 Å². The molecule has 0 unspecified atom stereocenters. The van der Waals surface area contributed by atoms with Gasteiger partial charge in [0.1, 0.15) is 5.82 Å². The molecule has 3 heteroatoms. The third kappa shape index (κ3) is 4.97. The Morgan fingerprint density at radius 1 is 0.733 bits per heavy atom. The van der Waals surface area contributed by atoms with Crippen LogP contribution in [0.2, 0.25) is 0 Å². The zero-order valence-corrected chi connectivity index (χ0v) is 18.0. The van der Waals surface area contributed by atoms with Crippen molar-refractivity contribution in [2.75, 3.05) is 13.1 Å². The summed E-state index contributed by atoms with van der Waals surface area (Å²) in [6.45, 7) is 8.20. The van der Waals surface area contributed by atoms with Gasteiger partial charge in [0.2, 0.25) is 0 Å². The van der Waals surface area contributed by atoms with Gasteiger partial charge in [-0.15, -0.1) is 0 Å². The van der Waals surface area contributed by atoms with E-state index in [0.29, 0.717) is 0 Å². The minimum atomic E-state index is -0.176. The van der Waals surface area contributed by atoms with Crippen molar-refractivity contribution in [1.29, 1.82) is 0 Å². The van der Waals surface area contributed by atoms with E-state index in [1.807, 2.05) is 12.1 Å². The summed E-state index contributed by atoms with van der Waals surface area (Å²) in [5.41, 5.74) is 6.50. The number of hydrogen-bond acceptors (Lipinski definition) is 2. The molecule has 3 aromatic carbocycles. The summed E-state index contributed by atoms with van der Waals surface area (Å²) < 4.78 is 13.4. The van der Waals surface area contributed by atoms with Gasteiger partial charge in [0, 0.05) is 26.2 Å².